The Morgan fingerprint density at radius 3 is 2.78 bits per heavy atom. The molecule has 3 nitrogen and oxygen atoms in total. The van der Waals surface area contributed by atoms with Gasteiger partial charge in [-0.15, -0.1) is 11.3 Å². The van der Waals surface area contributed by atoms with Crippen LogP contribution in [0, 0.1) is 0 Å². The van der Waals surface area contributed by atoms with Crippen LogP contribution in [0.1, 0.15) is 15.2 Å². The van der Waals surface area contributed by atoms with Crippen molar-refractivity contribution in [3.63, 3.8) is 0 Å². The third-order valence-electron chi connectivity index (χ3n) is 2.04. The Morgan fingerprint density at radius 2 is 2.11 bits per heavy atom. The highest BCUT2D eigenvalue weighted by atomic mass is 35.5. The van der Waals surface area contributed by atoms with E-state index in [1.807, 2.05) is 6.07 Å². The molecule has 1 amide bonds. The third-order valence-corrected chi connectivity index (χ3v) is 3.44. The van der Waals surface area contributed by atoms with Crippen LogP contribution in [0.15, 0.2) is 41.5 Å². The van der Waals surface area contributed by atoms with Crippen molar-refractivity contribution in [2.75, 3.05) is 0 Å². The van der Waals surface area contributed by atoms with Crippen LogP contribution in [0.5, 0.6) is 0 Å². The van der Waals surface area contributed by atoms with Crippen molar-refractivity contribution in [3.8, 4) is 0 Å². The fraction of sp³-hybridized carbons (Fsp3) is 0. The summed E-state index contributed by atoms with van der Waals surface area (Å²) in [6, 6.07) is 10.2. The van der Waals surface area contributed by atoms with Gasteiger partial charge >= 0.3 is 0 Å². The van der Waals surface area contributed by atoms with Gasteiger partial charge < -0.3 is 0 Å². The van der Waals surface area contributed by atoms with Crippen molar-refractivity contribution in [3.05, 3.63) is 56.2 Å². The summed E-state index contributed by atoms with van der Waals surface area (Å²) in [4.78, 5) is 12.6. The third kappa shape index (κ3) is 3.57. The Bertz CT molecular complexity index is 595. The summed E-state index contributed by atoms with van der Waals surface area (Å²) in [7, 11) is 0. The molecule has 0 aliphatic heterocycles. The molecule has 1 aromatic heterocycles. The fourth-order valence-corrected chi connectivity index (χ4v) is 2.37. The van der Waals surface area contributed by atoms with Gasteiger partial charge in [-0.2, -0.15) is 5.10 Å². The molecule has 6 heteroatoms. The van der Waals surface area contributed by atoms with Crippen LogP contribution in [0.4, 0.5) is 0 Å². The van der Waals surface area contributed by atoms with Crippen molar-refractivity contribution in [1.82, 2.24) is 5.43 Å². The number of amides is 1. The predicted molar refractivity (Wildman–Crippen MR) is 75.8 cm³/mol. The maximum absolute atomic E-state index is 11.7. The Labute approximate surface area is 118 Å². The maximum Gasteiger partial charge on any atom is 0.271 e. The van der Waals surface area contributed by atoms with Crippen LogP contribution in [0.3, 0.4) is 0 Å². The fourth-order valence-electron chi connectivity index (χ4n) is 1.25. The molecule has 0 saturated carbocycles. The number of halogens is 2. The van der Waals surface area contributed by atoms with Crippen LogP contribution >= 0.6 is 34.5 Å². The van der Waals surface area contributed by atoms with Gasteiger partial charge in [0.25, 0.3) is 5.91 Å². The summed E-state index contributed by atoms with van der Waals surface area (Å²) in [5.41, 5.74) is 2.88. The molecule has 0 fully saturated rings. The predicted octanol–water partition coefficient (Wildman–Crippen LogP) is 3.82. The van der Waals surface area contributed by atoms with Gasteiger partial charge in [-0.25, -0.2) is 5.43 Å². The minimum Gasteiger partial charge on any atom is -0.267 e. The van der Waals surface area contributed by atoms with E-state index in [1.54, 1.807) is 36.5 Å². The summed E-state index contributed by atoms with van der Waals surface area (Å²) in [5, 5.41) is 4.36. The normalized spacial score (nSPS) is 10.8. The van der Waals surface area contributed by atoms with Crippen LogP contribution < -0.4 is 5.43 Å². The molecule has 0 spiro atoms. The van der Waals surface area contributed by atoms with Crippen LogP contribution in [0.25, 0.3) is 0 Å². The standard InChI is InChI=1S/C12H8Cl2N2OS/c13-9-3-1-2-8(6-9)12(17)16-15-7-10-4-5-11(14)18-10/h1-7H,(H,16,17). The molecular formula is C12H8Cl2N2OS. The molecule has 2 aromatic rings. The zero-order chi connectivity index (χ0) is 13.0. The molecule has 0 bridgehead atoms. The number of benzene rings is 1. The number of hydrazone groups is 1. The second-order valence-corrected chi connectivity index (χ2v) is 5.53. The van der Waals surface area contributed by atoms with E-state index >= 15 is 0 Å². The molecule has 0 radical (unpaired) electrons. The van der Waals surface area contributed by atoms with E-state index in [9.17, 15) is 4.79 Å². The molecule has 1 heterocycles. The monoisotopic (exact) mass is 298 g/mol. The summed E-state index contributed by atoms with van der Waals surface area (Å²) < 4.78 is 0.678. The highest BCUT2D eigenvalue weighted by molar-refractivity contribution is 7.17. The van der Waals surface area contributed by atoms with Gasteiger partial charge in [0.2, 0.25) is 0 Å². The van der Waals surface area contributed by atoms with Crippen LogP contribution in [-0.4, -0.2) is 12.1 Å². The molecular weight excluding hydrogens is 291 g/mol. The topological polar surface area (TPSA) is 41.5 Å². The van der Waals surface area contributed by atoms with Crippen LogP contribution in [0.2, 0.25) is 9.36 Å². The van der Waals surface area contributed by atoms with Crippen molar-refractivity contribution >= 4 is 46.7 Å². The highest BCUT2D eigenvalue weighted by Gasteiger charge is 2.03. The van der Waals surface area contributed by atoms with Crippen LogP contribution in [-0.2, 0) is 0 Å². The first-order chi connectivity index (χ1) is 8.65. The molecule has 0 unspecified atom stereocenters. The van der Waals surface area contributed by atoms with Gasteiger partial charge in [0.1, 0.15) is 0 Å². The number of carbonyl (C=O) groups is 1. The van der Waals surface area contributed by atoms with Crippen molar-refractivity contribution < 1.29 is 4.79 Å². The first-order valence-corrected chi connectivity index (χ1v) is 6.57. The summed E-state index contributed by atoms with van der Waals surface area (Å²) in [5.74, 6) is -0.309. The molecule has 1 aromatic carbocycles. The highest BCUT2D eigenvalue weighted by Crippen LogP contribution is 2.19. The Balaban J connectivity index is 1.98. The Morgan fingerprint density at radius 1 is 1.28 bits per heavy atom. The van der Waals surface area contributed by atoms with E-state index in [0.717, 1.165) is 4.88 Å². The zero-order valence-corrected chi connectivity index (χ0v) is 11.4. The minimum atomic E-state index is -0.309. The molecule has 0 atom stereocenters. The molecule has 92 valence electrons. The lowest BCUT2D eigenvalue weighted by molar-refractivity contribution is 0.0955. The second kappa shape index (κ2) is 6.00. The van der Waals surface area contributed by atoms with Gasteiger partial charge in [-0.3, -0.25) is 4.79 Å². The molecule has 1 N–H and O–H groups in total. The van der Waals surface area contributed by atoms with Crippen molar-refractivity contribution in [2.24, 2.45) is 5.10 Å². The molecule has 0 aliphatic rings. The van der Waals surface area contributed by atoms with Crippen molar-refractivity contribution in [2.45, 2.75) is 0 Å². The zero-order valence-electron chi connectivity index (χ0n) is 9.06. The molecule has 0 saturated heterocycles. The van der Waals surface area contributed by atoms with E-state index in [0.29, 0.717) is 14.9 Å². The molecule has 2 rings (SSSR count). The summed E-state index contributed by atoms with van der Waals surface area (Å²) in [6.07, 6.45) is 1.54. The van der Waals surface area contributed by atoms with E-state index in [4.69, 9.17) is 23.2 Å². The van der Waals surface area contributed by atoms with Gasteiger partial charge in [0, 0.05) is 15.5 Å². The SMILES string of the molecule is O=C(NN=Cc1ccc(Cl)s1)c1cccc(Cl)c1. The lowest BCUT2D eigenvalue weighted by Crippen LogP contribution is -2.17. The number of nitrogens with one attached hydrogen (secondary N) is 1. The van der Waals surface area contributed by atoms with Crippen molar-refractivity contribution in [1.29, 1.82) is 0 Å². The van der Waals surface area contributed by atoms with Gasteiger partial charge in [0.05, 0.1) is 10.6 Å². The minimum absolute atomic E-state index is 0.309. The number of hydrogen-bond acceptors (Lipinski definition) is 3. The maximum atomic E-state index is 11.7. The van der Waals surface area contributed by atoms with E-state index in [1.165, 1.54) is 11.3 Å². The number of carbonyl (C=O) groups excluding carboxylic acids is 1. The number of hydrogen-bond donors (Lipinski definition) is 1. The first-order valence-electron chi connectivity index (χ1n) is 4.99. The summed E-state index contributed by atoms with van der Waals surface area (Å²) >= 11 is 12.9. The summed E-state index contributed by atoms with van der Waals surface area (Å²) in [6.45, 7) is 0. The van der Waals surface area contributed by atoms with Gasteiger partial charge in [-0.05, 0) is 30.3 Å². The Kier molecular flexibility index (Phi) is 4.36. The van der Waals surface area contributed by atoms with E-state index in [2.05, 4.69) is 10.5 Å². The second-order valence-electron chi connectivity index (χ2n) is 3.35. The largest absolute Gasteiger partial charge is 0.271 e. The number of thiophene rings is 1. The average molecular weight is 299 g/mol. The lowest BCUT2D eigenvalue weighted by atomic mass is 10.2. The number of rotatable bonds is 3. The molecule has 0 aliphatic carbocycles. The van der Waals surface area contributed by atoms with E-state index < -0.39 is 0 Å². The number of nitrogens with zero attached hydrogens (tertiary/aromatic N) is 1. The smallest absolute Gasteiger partial charge is 0.267 e. The van der Waals surface area contributed by atoms with Gasteiger partial charge in [-0.1, -0.05) is 29.3 Å². The lowest BCUT2D eigenvalue weighted by Gasteiger charge is -1.99. The average Bonchev–Trinajstić information content (AvgIpc) is 2.75. The quantitative estimate of drug-likeness (QED) is 0.679. The Hall–Kier alpha value is -1.36. The van der Waals surface area contributed by atoms with Gasteiger partial charge in [0.15, 0.2) is 0 Å². The first kappa shape index (κ1) is 13.1. The molecule has 18 heavy (non-hydrogen) atoms. The van der Waals surface area contributed by atoms with E-state index in [-0.39, 0.29) is 5.91 Å².